The number of carbonyl (C=O) groups excluding carboxylic acids is 6. The fourth-order valence-electron chi connectivity index (χ4n) is 7.31. The quantitative estimate of drug-likeness (QED) is 0.170. The van der Waals surface area contributed by atoms with Gasteiger partial charge in [0, 0.05) is 26.9 Å². The Morgan fingerprint density at radius 3 is 2.28 bits per heavy atom. The minimum Gasteiger partial charge on any atom is -0.457 e. The first-order valence-corrected chi connectivity index (χ1v) is 20.1. The third kappa shape index (κ3) is 12.4. The van der Waals surface area contributed by atoms with Crippen molar-refractivity contribution in [3.8, 4) is 11.5 Å². The predicted octanol–water partition coefficient (Wildman–Crippen LogP) is 3.65. The Morgan fingerprint density at radius 1 is 0.862 bits per heavy atom. The van der Waals surface area contributed by atoms with Crippen molar-refractivity contribution < 1.29 is 43.3 Å². The van der Waals surface area contributed by atoms with E-state index < -0.39 is 60.6 Å². The van der Waals surface area contributed by atoms with Gasteiger partial charge in [-0.3, -0.25) is 24.0 Å². The van der Waals surface area contributed by atoms with Gasteiger partial charge in [0.25, 0.3) is 11.8 Å². The first kappa shape index (κ1) is 43.4. The lowest BCUT2D eigenvalue weighted by molar-refractivity contribution is -0.161. The van der Waals surface area contributed by atoms with Gasteiger partial charge in [-0.2, -0.15) is 0 Å². The fourth-order valence-corrected chi connectivity index (χ4v) is 7.31. The van der Waals surface area contributed by atoms with Crippen LogP contribution in [0.4, 0.5) is 0 Å². The molecule has 3 aromatic carbocycles. The van der Waals surface area contributed by atoms with Crippen LogP contribution in [-0.2, 0) is 46.3 Å². The standard InChI is InChI=1S/C44H55N5O9/c1-4-12-34(40(52)42(54)45-27-37(51)48-38(43(55)49(2)3)30-14-7-5-8-15-30)46-41(53)35-26-29-13-11-18-33(25-29)57-32-22-19-28(20-23-32)21-24-36(50)47-39(44(56)58-35)31-16-9-6-10-17-31/h5,7-8,11,13-15,18-20,22-23,25,31,34-35,38-40,52H,4,6,9-10,12,16-17,21,24,26-27H2,1-3H3,(H,45,54)(H,46,53)(H,47,50)(H,48,51). The molecular formula is C44H55N5O9. The number of hydrogen-bond acceptors (Lipinski definition) is 9. The van der Waals surface area contributed by atoms with Crippen LogP contribution in [-0.4, -0.2) is 90.4 Å². The number of ether oxygens (including phenoxy) is 2. The Labute approximate surface area is 339 Å². The Kier molecular flexibility index (Phi) is 15.8. The van der Waals surface area contributed by atoms with Gasteiger partial charge in [-0.05, 0) is 72.6 Å². The molecule has 4 bridgehead atoms. The van der Waals surface area contributed by atoms with Crippen molar-refractivity contribution in [2.45, 2.75) is 101 Å². The molecule has 14 nitrogen and oxygen atoms in total. The molecule has 0 aromatic heterocycles. The van der Waals surface area contributed by atoms with Crippen LogP contribution < -0.4 is 26.0 Å². The third-order valence-corrected chi connectivity index (χ3v) is 10.5. The predicted molar refractivity (Wildman–Crippen MR) is 215 cm³/mol. The van der Waals surface area contributed by atoms with Crippen LogP contribution in [0.1, 0.15) is 81.0 Å². The largest absolute Gasteiger partial charge is 0.457 e. The molecule has 5 amide bonds. The zero-order valence-corrected chi connectivity index (χ0v) is 33.4. The number of benzene rings is 3. The summed E-state index contributed by atoms with van der Waals surface area (Å²) in [6.45, 7) is 1.26. The second-order valence-electron chi connectivity index (χ2n) is 15.2. The summed E-state index contributed by atoms with van der Waals surface area (Å²) >= 11 is 0. The molecule has 0 saturated heterocycles. The molecule has 2 heterocycles. The van der Waals surface area contributed by atoms with Crippen LogP contribution in [0.15, 0.2) is 78.9 Å². The summed E-state index contributed by atoms with van der Waals surface area (Å²) < 4.78 is 12.1. The zero-order chi connectivity index (χ0) is 41.6. The lowest BCUT2D eigenvalue weighted by atomic mass is 9.83. The fraction of sp³-hybridized carbons (Fsp3) is 0.455. The minimum atomic E-state index is -1.78. The molecule has 5 N–H and O–H groups in total. The molecule has 5 unspecified atom stereocenters. The molecule has 5 atom stereocenters. The van der Waals surface area contributed by atoms with Gasteiger partial charge in [-0.1, -0.05) is 87.2 Å². The van der Waals surface area contributed by atoms with Crippen molar-refractivity contribution in [1.29, 1.82) is 0 Å². The van der Waals surface area contributed by atoms with E-state index in [0.29, 0.717) is 48.3 Å². The highest BCUT2D eigenvalue weighted by molar-refractivity contribution is 5.92. The number of nitrogens with one attached hydrogen (secondary N) is 4. The highest BCUT2D eigenvalue weighted by Crippen LogP contribution is 2.29. The first-order chi connectivity index (χ1) is 27.9. The number of rotatable bonds is 12. The van der Waals surface area contributed by atoms with Crippen LogP contribution in [0.3, 0.4) is 0 Å². The lowest BCUT2D eigenvalue weighted by Gasteiger charge is -2.31. The van der Waals surface area contributed by atoms with Crippen LogP contribution in [0, 0.1) is 5.92 Å². The Morgan fingerprint density at radius 2 is 1.59 bits per heavy atom. The second kappa shape index (κ2) is 21.1. The minimum absolute atomic E-state index is 0.0748. The normalized spacial score (nSPS) is 19.2. The number of carbonyl (C=O) groups is 6. The van der Waals surface area contributed by atoms with Gasteiger partial charge >= 0.3 is 5.97 Å². The molecule has 310 valence electrons. The topological polar surface area (TPSA) is 192 Å². The van der Waals surface area contributed by atoms with Crippen molar-refractivity contribution in [3.05, 3.63) is 95.6 Å². The average molecular weight is 798 g/mol. The Balaban J connectivity index is 1.33. The van der Waals surface area contributed by atoms with Crippen LogP contribution in [0.2, 0.25) is 0 Å². The first-order valence-electron chi connectivity index (χ1n) is 20.1. The maximum Gasteiger partial charge on any atom is 0.329 e. The maximum absolute atomic E-state index is 14.2. The van der Waals surface area contributed by atoms with E-state index in [1.807, 2.05) is 31.2 Å². The molecule has 1 aliphatic carbocycles. The summed E-state index contributed by atoms with van der Waals surface area (Å²) in [5, 5.41) is 21.9. The Hall–Kier alpha value is -5.76. The van der Waals surface area contributed by atoms with E-state index in [9.17, 15) is 33.9 Å². The monoisotopic (exact) mass is 797 g/mol. The molecule has 58 heavy (non-hydrogen) atoms. The maximum atomic E-state index is 14.2. The van der Waals surface area contributed by atoms with Crippen molar-refractivity contribution in [3.63, 3.8) is 0 Å². The van der Waals surface area contributed by atoms with E-state index in [-0.39, 0.29) is 37.0 Å². The SMILES string of the molecule is CCCC(NC(=O)C1Cc2cccc(c2)Oc2ccc(cc2)CCC(=O)NC(C2CCCCC2)C(=O)O1)C(O)C(=O)NCC(=O)NC(C(=O)N(C)C)c1ccccc1. The van der Waals surface area contributed by atoms with Crippen molar-refractivity contribution >= 4 is 35.5 Å². The summed E-state index contributed by atoms with van der Waals surface area (Å²) in [4.78, 5) is 82.0. The molecule has 3 aliphatic rings. The van der Waals surface area contributed by atoms with Crippen LogP contribution >= 0.6 is 0 Å². The molecule has 0 radical (unpaired) electrons. The van der Waals surface area contributed by atoms with E-state index in [1.165, 1.54) is 4.90 Å². The van der Waals surface area contributed by atoms with Gasteiger partial charge in [0.15, 0.2) is 12.2 Å². The summed E-state index contributed by atoms with van der Waals surface area (Å²) in [5.74, 6) is -2.86. The average Bonchev–Trinajstić information content (AvgIpc) is 3.23. The number of aliphatic hydroxyl groups is 1. The van der Waals surface area contributed by atoms with E-state index in [2.05, 4.69) is 21.3 Å². The molecule has 14 heteroatoms. The number of fused-ring (bicyclic) bond motifs is 10. The van der Waals surface area contributed by atoms with Gasteiger partial charge in [-0.25, -0.2) is 4.79 Å². The van der Waals surface area contributed by atoms with Gasteiger partial charge in [0.1, 0.15) is 23.6 Å². The summed E-state index contributed by atoms with van der Waals surface area (Å²) in [6, 6.07) is 20.0. The van der Waals surface area contributed by atoms with Crippen molar-refractivity contribution in [2.24, 2.45) is 5.92 Å². The highest BCUT2D eigenvalue weighted by atomic mass is 16.5. The molecule has 1 saturated carbocycles. The summed E-state index contributed by atoms with van der Waals surface area (Å²) in [7, 11) is 3.13. The van der Waals surface area contributed by atoms with Gasteiger partial charge in [0.05, 0.1) is 12.6 Å². The highest BCUT2D eigenvalue weighted by Gasteiger charge is 2.37. The van der Waals surface area contributed by atoms with Gasteiger partial charge in [0.2, 0.25) is 17.7 Å². The van der Waals surface area contributed by atoms with E-state index in [1.54, 1.807) is 68.7 Å². The molecule has 3 aromatic rings. The Bertz CT molecular complexity index is 1880. The van der Waals surface area contributed by atoms with Crippen molar-refractivity contribution in [1.82, 2.24) is 26.2 Å². The van der Waals surface area contributed by atoms with Crippen LogP contribution in [0.5, 0.6) is 11.5 Å². The number of likely N-dealkylation sites (N-methyl/N-ethyl adjacent to an activating group) is 1. The van der Waals surface area contributed by atoms with E-state index in [4.69, 9.17) is 9.47 Å². The summed E-state index contributed by atoms with van der Waals surface area (Å²) in [5.41, 5.74) is 2.10. The number of hydrogen-bond donors (Lipinski definition) is 5. The zero-order valence-electron chi connectivity index (χ0n) is 33.4. The molecule has 2 aliphatic heterocycles. The molecule has 6 rings (SSSR count). The number of amides is 5. The molecule has 1 fully saturated rings. The molecule has 0 spiro atoms. The second-order valence-corrected chi connectivity index (χ2v) is 15.2. The number of esters is 1. The number of nitrogens with zero attached hydrogens (tertiary/aromatic N) is 1. The number of aryl methyl sites for hydroxylation is 1. The van der Waals surface area contributed by atoms with Crippen LogP contribution in [0.25, 0.3) is 0 Å². The van der Waals surface area contributed by atoms with E-state index >= 15 is 0 Å². The van der Waals surface area contributed by atoms with Gasteiger partial charge < -0.3 is 40.7 Å². The third-order valence-electron chi connectivity index (χ3n) is 10.5. The lowest BCUT2D eigenvalue weighted by Crippen LogP contribution is -2.55. The van der Waals surface area contributed by atoms with E-state index in [0.717, 1.165) is 24.8 Å². The molecular weight excluding hydrogens is 743 g/mol. The number of aliphatic hydroxyl groups excluding tert-OH is 1. The smallest absolute Gasteiger partial charge is 0.329 e. The van der Waals surface area contributed by atoms with Crippen molar-refractivity contribution in [2.75, 3.05) is 20.6 Å². The summed E-state index contributed by atoms with van der Waals surface area (Å²) in [6.07, 6.45) is 2.20. The van der Waals surface area contributed by atoms with Gasteiger partial charge in [-0.15, -0.1) is 0 Å².